The minimum Gasteiger partial charge on any atom is -0.388 e. The van der Waals surface area contributed by atoms with Crippen LogP contribution in [-0.2, 0) is 6.42 Å². The molecule has 1 aliphatic heterocycles. The zero-order valence-electron chi connectivity index (χ0n) is 9.83. The molecule has 0 unspecified atom stereocenters. The average Bonchev–Trinajstić information content (AvgIpc) is 2.86. The van der Waals surface area contributed by atoms with Crippen molar-refractivity contribution in [3.05, 3.63) is 42.1 Å². The fourth-order valence-electron chi connectivity index (χ4n) is 2.16. The maximum absolute atomic E-state index is 4.45. The summed E-state index contributed by atoms with van der Waals surface area (Å²) in [6.07, 6.45) is 3.01. The van der Waals surface area contributed by atoms with E-state index in [1.54, 1.807) is 0 Å². The van der Waals surface area contributed by atoms with E-state index in [9.17, 15) is 0 Å². The van der Waals surface area contributed by atoms with Crippen molar-refractivity contribution < 1.29 is 0 Å². The van der Waals surface area contributed by atoms with Gasteiger partial charge in [-0.2, -0.15) is 0 Å². The summed E-state index contributed by atoms with van der Waals surface area (Å²) in [6, 6.07) is 10.6. The summed E-state index contributed by atoms with van der Waals surface area (Å²) >= 11 is 0. The van der Waals surface area contributed by atoms with Gasteiger partial charge >= 0.3 is 0 Å². The molecule has 2 heterocycles. The van der Waals surface area contributed by atoms with Gasteiger partial charge in [-0.25, -0.2) is 4.98 Å². The molecule has 2 aromatic rings. The topological polar surface area (TPSA) is 37.0 Å². The van der Waals surface area contributed by atoms with Gasteiger partial charge in [-0.3, -0.25) is 0 Å². The van der Waals surface area contributed by atoms with E-state index < -0.39 is 0 Å². The first-order valence-corrected chi connectivity index (χ1v) is 5.88. The number of nitrogens with zero attached hydrogens (tertiary/aromatic N) is 1. The lowest BCUT2D eigenvalue weighted by molar-refractivity contribution is 1.11. The van der Waals surface area contributed by atoms with Crippen LogP contribution in [0.1, 0.15) is 5.56 Å². The van der Waals surface area contributed by atoms with Gasteiger partial charge in [-0.05, 0) is 35.7 Å². The smallest absolute Gasteiger partial charge is 0.129 e. The molecule has 3 rings (SSSR count). The minimum absolute atomic E-state index is 1.00. The van der Waals surface area contributed by atoms with Gasteiger partial charge in [0.2, 0.25) is 0 Å². The molecular weight excluding hydrogens is 210 g/mol. The van der Waals surface area contributed by atoms with Crippen molar-refractivity contribution >= 4 is 11.5 Å². The second-order valence-electron chi connectivity index (χ2n) is 4.24. The van der Waals surface area contributed by atoms with Crippen molar-refractivity contribution in [1.82, 2.24) is 4.98 Å². The van der Waals surface area contributed by atoms with Gasteiger partial charge in [0.1, 0.15) is 5.82 Å². The first-order valence-electron chi connectivity index (χ1n) is 5.88. The third-order valence-corrected chi connectivity index (χ3v) is 3.16. The highest BCUT2D eigenvalue weighted by Crippen LogP contribution is 2.26. The lowest BCUT2D eigenvalue weighted by Crippen LogP contribution is -1.92. The molecule has 1 aliphatic rings. The second-order valence-corrected chi connectivity index (χ2v) is 4.24. The largest absolute Gasteiger partial charge is 0.388 e. The SMILES string of the molecule is CNc1ccc(-c2cnc3c(c2)CCN3)cc1. The fraction of sp³-hybridized carbons (Fsp3) is 0.214. The molecule has 86 valence electrons. The standard InChI is InChI=1S/C14H15N3/c1-15-13-4-2-10(3-5-13)12-8-11-6-7-16-14(11)17-9-12/h2-5,8-9,15H,6-7H2,1H3,(H,16,17). The summed E-state index contributed by atoms with van der Waals surface area (Å²) in [4.78, 5) is 4.45. The van der Waals surface area contributed by atoms with Crippen LogP contribution in [-0.4, -0.2) is 18.6 Å². The quantitative estimate of drug-likeness (QED) is 0.825. The molecule has 0 aliphatic carbocycles. The molecule has 1 aromatic heterocycles. The van der Waals surface area contributed by atoms with Crippen LogP contribution in [0.5, 0.6) is 0 Å². The van der Waals surface area contributed by atoms with Crippen molar-refractivity contribution in [2.75, 3.05) is 24.2 Å². The first kappa shape index (κ1) is 10.1. The Labute approximate surface area is 101 Å². The Hall–Kier alpha value is -2.03. The van der Waals surface area contributed by atoms with Crippen LogP contribution < -0.4 is 10.6 Å². The first-order chi connectivity index (χ1) is 8.36. The van der Waals surface area contributed by atoms with Crippen LogP contribution in [0.25, 0.3) is 11.1 Å². The summed E-state index contributed by atoms with van der Waals surface area (Å²) in [5.41, 5.74) is 4.85. The number of nitrogens with one attached hydrogen (secondary N) is 2. The van der Waals surface area contributed by atoms with Crippen LogP contribution in [0, 0.1) is 0 Å². The average molecular weight is 225 g/mol. The molecule has 0 saturated heterocycles. The number of pyridine rings is 1. The van der Waals surface area contributed by atoms with Crippen LogP contribution in [0.4, 0.5) is 11.5 Å². The van der Waals surface area contributed by atoms with E-state index in [0.29, 0.717) is 0 Å². The lowest BCUT2D eigenvalue weighted by Gasteiger charge is -2.05. The number of hydrogen-bond acceptors (Lipinski definition) is 3. The van der Waals surface area contributed by atoms with Crippen molar-refractivity contribution in [2.45, 2.75) is 6.42 Å². The Kier molecular flexibility index (Phi) is 2.44. The Bertz CT molecular complexity index is 532. The van der Waals surface area contributed by atoms with Gasteiger partial charge in [0.15, 0.2) is 0 Å². The van der Waals surface area contributed by atoms with E-state index in [1.807, 2.05) is 13.2 Å². The number of anilines is 2. The lowest BCUT2D eigenvalue weighted by atomic mass is 10.0. The summed E-state index contributed by atoms with van der Waals surface area (Å²) in [6.45, 7) is 1.00. The Morgan fingerprint density at radius 1 is 1.18 bits per heavy atom. The van der Waals surface area contributed by atoms with Crippen LogP contribution in [0.15, 0.2) is 36.5 Å². The van der Waals surface area contributed by atoms with Gasteiger partial charge in [0, 0.05) is 31.0 Å². The Morgan fingerprint density at radius 3 is 2.76 bits per heavy atom. The van der Waals surface area contributed by atoms with Gasteiger partial charge in [0.05, 0.1) is 0 Å². The zero-order valence-corrected chi connectivity index (χ0v) is 9.83. The fourth-order valence-corrected chi connectivity index (χ4v) is 2.16. The van der Waals surface area contributed by atoms with Crippen LogP contribution in [0.2, 0.25) is 0 Å². The molecule has 17 heavy (non-hydrogen) atoms. The van der Waals surface area contributed by atoms with E-state index in [4.69, 9.17) is 0 Å². The monoisotopic (exact) mass is 225 g/mol. The molecule has 0 bridgehead atoms. The number of hydrogen-bond donors (Lipinski definition) is 2. The molecular formula is C14H15N3. The van der Waals surface area contributed by atoms with Crippen molar-refractivity contribution in [3.63, 3.8) is 0 Å². The number of benzene rings is 1. The van der Waals surface area contributed by atoms with Crippen molar-refractivity contribution in [2.24, 2.45) is 0 Å². The zero-order chi connectivity index (χ0) is 11.7. The summed E-state index contributed by atoms with van der Waals surface area (Å²) < 4.78 is 0. The number of fused-ring (bicyclic) bond motifs is 1. The molecule has 1 aromatic carbocycles. The summed E-state index contributed by atoms with van der Waals surface area (Å²) in [7, 11) is 1.93. The number of aromatic nitrogens is 1. The summed E-state index contributed by atoms with van der Waals surface area (Å²) in [5, 5.41) is 6.40. The number of rotatable bonds is 2. The van der Waals surface area contributed by atoms with Crippen molar-refractivity contribution in [1.29, 1.82) is 0 Å². The molecule has 0 atom stereocenters. The van der Waals surface area contributed by atoms with E-state index >= 15 is 0 Å². The van der Waals surface area contributed by atoms with E-state index in [2.05, 4.69) is 45.9 Å². The van der Waals surface area contributed by atoms with Gasteiger partial charge in [-0.1, -0.05) is 12.1 Å². The van der Waals surface area contributed by atoms with Crippen LogP contribution >= 0.6 is 0 Å². The molecule has 3 nitrogen and oxygen atoms in total. The van der Waals surface area contributed by atoms with E-state index in [-0.39, 0.29) is 0 Å². The molecule has 2 N–H and O–H groups in total. The molecule has 0 radical (unpaired) electrons. The Morgan fingerprint density at radius 2 is 2.00 bits per heavy atom. The Balaban J connectivity index is 1.97. The molecule has 0 saturated carbocycles. The van der Waals surface area contributed by atoms with Crippen molar-refractivity contribution in [3.8, 4) is 11.1 Å². The highest BCUT2D eigenvalue weighted by Gasteiger charge is 2.11. The highest BCUT2D eigenvalue weighted by atomic mass is 15.0. The highest BCUT2D eigenvalue weighted by molar-refractivity contribution is 5.68. The normalized spacial score (nSPS) is 13.0. The second kappa shape index (κ2) is 4.09. The van der Waals surface area contributed by atoms with Crippen LogP contribution in [0.3, 0.4) is 0 Å². The molecule has 0 amide bonds. The summed E-state index contributed by atoms with van der Waals surface area (Å²) in [5.74, 6) is 1.04. The maximum Gasteiger partial charge on any atom is 0.129 e. The van der Waals surface area contributed by atoms with E-state index in [0.717, 1.165) is 24.5 Å². The predicted octanol–water partition coefficient (Wildman–Crippen LogP) is 2.76. The van der Waals surface area contributed by atoms with Gasteiger partial charge < -0.3 is 10.6 Å². The third-order valence-electron chi connectivity index (χ3n) is 3.16. The molecule has 3 heteroatoms. The maximum atomic E-state index is 4.45. The van der Waals surface area contributed by atoms with E-state index in [1.165, 1.54) is 16.7 Å². The van der Waals surface area contributed by atoms with Gasteiger partial charge in [-0.15, -0.1) is 0 Å². The minimum atomic E-state index is 1.00. The third kappa shape index (κ3) is 1.84. The molecule has 0 spiro atoms. The molecule has 0 fully saturated rings. The van der Waals surface area contributed by atoms with Gasteiger partial charge in [0.25, 0.3) is 0 Å². The predicted molar refractivity (Wildman–Crippen MR) is 71.4 cm³/mol.